The molecule has 0 spiro atoms. The molecule has 0 aliphatic carbocycles. The van der Waals surface area contributed by atoms with Crippen LogP contribution in [0.15, 0.2) is 41.7 Å². The van der Waals surface area contributed by atoms with Crippen LogP contribution in [-0.2, 0) is 0 Å². The Labute approximate surface area is 136 Å². The molecule has 2 aromatic heterocycles. The van der Waals surface area contributed by atoms with Crippen LogP contribution in [-0.4, -0.2) is 37.9 Å². The first-order valence-electron chi connectivity index (χ1n) is 6.19. The lowest BCUT2D eigenvalue weighted by Crippen LogP contribution is -1.99. The van der Waals surface area contributed by atoms with Gasteiger partial charge in [-0.25, -0.2) is 14.6 Å². The minimum atomic E-state index is -0.998. The maximum atomic E-state index is 10.6. The first-order valence-corrected chi connectivity index (χ1v) is 7.58. The fraction of sp³-hybridized carbons (Fsp3) is 0.143. The molecule has 0 aliphatic heterocycles. The Kier molecular flexibility index (Phi) is 7.27. The van der Waals surface area contributed by atoms with Crippen molar-refractivity contribution in [1.82, 2.24) is 9.97 Å². The van der Waals surface area contributed by atoms with Crippen LogP contribution in [0.1, 0.15) is 27.6 Å². The number of aromatic carboxylic acids is 2. The van der Waals surface area contributed by atoms with E-state index in [-0.39, 0.29) is 15.8 Å². The molecule has 0 aliphatic rings. The van der Waals surface area contributed by atoms with E-state index in [9.17, 15) is 9.59 Å². The molecule has 6 nitrogen and oxygen atoms in total. The zero-order chi connectivity index (χ0) is 16.5. The van der Waals surface area contributed by atoms with Crippen LogP contribution >= 0.6 is 24.0 Å². The number of pyridine rings is 2. The van der Waals surface area contributed by atoms with Gasteiger partial charge in [-0.05, 0) is 30.0 Å². The standard InChI is InChI=1S/C8H9NO2S.C6H5NO2S/c1-2-12-7-6(8(10)11)4-3-5-9-7;8-6(9)4-2-1-3-7-5(4)10/h3-5H,2H2,1H3,(H,10,11);1-3H,(H,7,10)(H,8,9). The summed E-state index contributed by atoms with van der Waals surface area (Å²) in [5.74, 6) is -1.09. The van der Waals surface area contributed by atoms with E-state index in [0.717, 1.165) is 5.75 Å². The highest BCUT2D eigenvalue weighted by Crippen LogP contribution is 2.18. The molecule has 2 heterocycles. The average Bonchev–Trinajstić information content (AvgIpc) is 2.49. The summed E-state index contributed by atoms with van der Waals surface area (Å²) < 4.78 is 0.259. The van der Waals surface area contributed by atoms with Gasteiger partial charge in [0.05, 0.1) is 11.1 Å². The second kappa shape index (κ2) is 8.96. The molecule has 0 fully saturated rings. The minimum absolute atomic E-state index is 0.137. The van der Waals surface area contributed by atoms with Gasteiger partial charge in [0.2, 0.25) is 0 Å². The van der Waals surface area contributed by atoms with E-state index in [1.54, 1.807) is 30.6 Å². The summed E-state index contributed by atoms with van der Waals surface area (Å²) in [5, 5.41) is 17.8. The second-order valence-electron chi connectivity index (χ2n) is 3.81. The van der Waals surface area contributed by atoms with Crippen molar-refractivity contribution in [2.45, 2.75) is 11.9 Å². The largest absolute Gasteiger partial charge is 0.478 e. The number of carboxylic acids is 2. The van der Waals surface area contributed by atoms with Gasteiger partial charge in [0.1, 0.15) is 9.67 Å². The number of carboxylic acid groups (broad SMARTS) is 2. The molecular formula is C14H14N2O4S2. The van der Waals surface area contributed by atoms with Gasteiger partial charge in [0.25, 0.3) is 0 Å². The fourth-order valence-electron chi connectivity index (χ4n) is 1.40. The Morgan fingerprint density at radius 3 is 2.36 bits per heavy atom. The number of hydrogen-bond donors (Lipinski definition) is 3. The van der Waals surface area contributed by atoms with Crippen LogP contribution < -0.4 is 0 Å². The predicted molar refractivity (Wildman–Crippen MR) is 86.2 cm³/mol. The lowest BCUT2D eigenvalue weighted by molar-refractivity contribution is 0.0683. The summed E-state index contributed by atoms with van der Waals surface area (Å²) in [6.07, 6.45) is 3.19. The quantitative estimate of drug-likeness (QED) is 0.580. The van der Waals surface area contributed by atoms with Crippen molar-refractivity contribution in [3.05, 3.63) is 52.4 Å². The van der Waals surface area contributed by atoms with Crippen molar-refractivity contribution in [1.29, 1.82) is 0 Å². The number of hydrogen-bond acceptors (Lipinski definition) is 5. The van der Waals surface area contributed by atoms with Gasteiger partial charge >= 0.3 is 11.9 Å². The summed E-state index contributed by atoms with van der Waals surface area (Å²) in [6, 6.07) is 6.25. The van der Waals surface area contributed by atoms with E-state index in [1.807, 2.05) is 6.92 Å². The lowest BCUT2D eigenvalue weighted by atomic mass is 10.3. The van der Waals surface area contributed by atoms with E-state index < -0.39 is 11.9 Å². The van der Waals surface area contributed by atoms with Crippen molar-refractivity contribution in [3.63, 3.8) is 0 Å². The second-order valence-corrected chi connectivity index (χ2v) is 5.47. The Bertz CT molecular complexity index is 716. The molecule has 3 N–H and O–H groups in total. The van der Waals surface area contributed by atoms with Crippen molar-refractivity contribution >= 4 is 35.9 Å². The van der Waals surface area contributed by atoms with Crippen LogP contribution in [0.3, 0.4) is 0 Å². The number of H-pyrrole nitrogens is 1. The average molecular weight is 338 g/mol. The molecule has 2 rings (SSSR count). The molecule has 116 valence electrons. The van der Waals surface area contributed by atoms with Gasteiger partial charge in [-0.15, -0.1) is 11.8 Å². The highest BCUT2D eigenvalue weighted by molar-refractivity contribution is 7.99. The lowest BCUT2D eigenvalue weighted by Gasteiger charge is -2.00. The number of aromatic amines is 1. The topological polar surface area (TPSA) is 103 Å². The van der Waals surface area contributed by atoms with Crippen LogP contribution in [0.4, 0.5) is 0 Å². The Morgan fingerprint density at radius 1 is 1.23 bits per heavy atom. The predicted octanol–water partition coefficient (Wildman–Crippen LogP) is 3.33. The molecule has 8 heteroatoms. The van der Waals surface area contributed by atoms with E-state index in [2.05, 4.69) is 9.97 Å². The highest BCUT2D eigenvalue weighted by atomic mass is 32.2. The van der Waals surface area contributed by atoms with Crippen molar-refractivity contribution in [2.24, 2.45) is 0 Å². The number of carbonyl (C=O) groups is 2. The smallest absolute Gasteiger partial charge is 0.338 e. The number of rotatable bonds is 4. The zero-order valence-electron chi connectivity index (χ0n) is 11.6. The molecule has 0 amide bonds. The number of thioether (sulfide) groups is 1. The normalized spacial score (nSPS) is 9.50. The third-order valence-corrected chi connectivity index (χ3v) is 3.56. The first kappa shape index (κ1) is 17.9. The Balaban J connectivity index is 0.000000224. The number of nitrogens with zero attached hydrogens (tertiary/aromatic N) is 1. The van der Waals surface area contributed by atoms with Crippen molar-refractivity contribution < 1.29 is 19.8 Å². The maximum Gasteiger partial charge on any atom is 0.338 e. The molecule has 0 radical (unpaired) electrons. The Hall–Kier alpha value is -2.19. The molecule has 0 atom stereocenters. The summed E-state index contributed by atoms with van der Waals surface area (Å²) in [7, 11) is 0. The molecule has 2 aromatic rings. The van der Waals surface area contributed by atoms with Gasteiger partial charge in [-0.1, -0.05) is 19.1 Å². The zero-order valence-corrected chi connectivity index (χ0v) is 13.3. The maximum absolute atomic E-state index is 10.6. The van der Waals surface area contributed by atoms with Gasteiger partial charge in [-0.3, -0.25) is 0 Å². The summed E-state index contributed by atoms with van der Waals surface area (Å²) in [6.45, 7) is 1.96. The summed E-state index contributed by atoms with van der Waals surface area (Å²) in [5.41, 5.74) is 0.418. The molecule has 0 aromatic carbocycles. The van der Waals surface area contributed by atoms with Crippen LogP contribution in [0.25, 0.3) is 0 Å². The number of nitrogens with one attached hydrogen (secondary N) is 1. The molecule has 0 bridgehead atoms. The van der Waals surface area contributed by atoms with Crippen LogP contribution in [0.2, 0.25) is 0 Å². The van der Waals surface area contributed by atoms with E-state index in [1.165, 1.54) is 17.8 Å². The van der Waals surface area contributed by atoms with Crippen LogP contribution in [0.5, 0.6) is 0 Å². The third kappa shape index (κ3) is 5.30. The SMILES string of the molecule is CCSc1ncccc1C(=O)O.O=C(O)c1ccc[nH]c1=S. The van der Waals surface area contributed by atoms with E-state index in [0.29, 0.717) is 5.03 Å². The van der Waals surface area contributed by atoms with E-state index in [4.69, 9.17) is 22.4 Å². The summed E-state index contributed by atoms with van der Waals surface area (Å²) >= 11 is 6.13. The molecule has 22 heavy (non-hydrogen) atoms. The minimum Gasteiger partial charge on any atom is -0.478 e. The summed E-state index contributed by atoms with van der Waals surface area (Å²) in [4.78, 5) is 27.6. The van der Waals surface area contributed by atoms with Crippen LogP contribution in [0, 0.1) is 4.64 Å². The van der Waals surface area contributed by atoms with E-state index >= 15 is 0 Å². The molecule has 0 unspecified atom stereocenters. The monoisotopic (exact) mass is 338 g/mol. The molecule has 0 saturated carbocycles. The van der Waals surface area contributed by atoms with Gasteiger partial charge in [0.15, 0.2) is 0 Å². The molecular weight excluding hydrogens is 324 g/mol. The van der Waals surface area contributed by atoms with Crippen molar-refractivity contribution in [2.75, 3.05) is 5.75 Å². The van der Waals surface area contributed by atoms with Crippen molar-refractivity contribution in [3.8, 4) is 0 Å². The Morgan fingerprint density at radius 2 is 1.86 bits per heavy atom. The highest BCUT2D eigenvalue weighted by Gasteiger charge is 2.09. The van der Waals surface area contributed by atoms with Gasteiger partial charge < -0.3 is 15.2 Å². The number of aromatic nitrogens is 2. The van der Waals surface area contributed by atoms with Gasteiger partial charge in [0, 0.05) is 12.4 Å². The van der Waals surface area contributed by atoms with Gasteiger partial charge in [-0.2, -0.15) is 0 Å². The first-order chi connectivity index (χ1) is 10.5. The third-order valence-electron chi connectivity index (χ3n) is 2.33. The fourth-order valence-corrected chi connectivity index (χ4v) is 2.34. The molecule has 0 saturated heterocycles.